The molecule has 19 heavy (non-hydrogen) atoms. The zero-order chi connectivity index (χ0) is 14.0. The van der Waals surface area contributed by atoms with Gasteiger partial charge in [-0.05, 0) is 42.7 Å². The van der Waals surface area contributed by atoms with E-state index in [1.807, 2.05) is 19.9 Å². The van der Waals surface area contributed by atoms with E-state index in [9.17, 15) is 4.79 Å². The average Bonchev–Trinajstić information content (AvgIpc) is 2.77. The van der Waals surface area contributed by atoms with Crippen molar-refractivity contribution < 1.29 is 13.9 Å². The normalized spacial score (nSPS) is 10.5. The van der Waals surface area contributed by atoms with E-state index < -0.39 is 0 Å². The quantitative estimate of drug-likeness (QED) is 0.785. The second-order valence-electron chi connectivity index (χ2n) is 4.76. The molecule has 2 aromatic rings. The fourth-order valence-corrected chi connectivity index (χ4v) is 2.33. The highest BCUT2D eigenvalue weighted by molar-refractivity contribution is 5.91. The predicted molar refractivity (Wildman–Crippen MR) is 74.0 cm³/mol. The molecule has 0 aliphatic rings. The van der Waals surface area contributed by atoms with Crippen molar-refractivity contribution in [1.29, 1.82) is 0 Å². The topological polar surface area (TPSA) is 39.4 Å². The van der Waals surface area contributed by atoms with Crippen LogP contribution >= 0.6 is 0 Å². The summed E-state index contributed by atoms with van der Waals surface area (Å²) in [4.78, 5) is 11.2. The van der Waals surface area contributed by atoms with Crippen molar-refractivity contribution in [3.8, 4) is 5.75 Å². The molecule has 0 bridgehead atoms. The number of methoxy groups -OCH3 is 1. The number of carbonyl (C=O) groups is 1. The molecular weight excluding hydrogens is 240 g/mol. The number of benzene rings is 1. The molecule has 0 saturated carbocycles. The predicted octanol–water partition coefficient (Wildman–Crippen LogP) is 3.70. The maximum Gasteiger partial charge on any atom is 0.194 e. The first-order chi connectivity index (χ1) is 9.01. The molecule has 0 aliphatic heterocycles. The van der Waals surface area contributed by atoms with Crippen LogP contribution in [0.3, 0.4) is 0 Å². The number of hydrogen-bond acceptors (Lipinski definition) is 3. The number of aryl methyl sites for hydroxylation is 2. The van der Waals surface area contributed by atoms with Gasteiger partial charge in [0.1, 0.15) is 11.5 Å². The highest BCUT2D eigenvalue weighted by Crippen LogP contribution is 2.25. The van der Waals surface area contributed by atoms with Gasteiger partial charge in [0.25, 0.3) is 0 Å². The number of ketones is 1. The van der Waals surface area contributed by atoms with Gasteiger partial charge in [-0.25, -0.2) is 0 Å². The summed E-state index contributed by atoms with van der Waals surface area (Å²) in [7, 11) is 1.68. The van der Waals surface area contributed by atoms with Crippen molar-refractivity contribution in [2.24, 2.45) is 0 Å². The molecule has 3 nitrogen and oxygen atoms in total. The summed E-state index contributed by atoms with van der Waals surface area (Å²) in [6.45, 7) is 5.56. The van der Waals surface area contributed by atoms with Gasteiger partial charge in [0, 0.05) is 13.3 Å². The van der Waals surface area contributed by atoms with E-state index in [1.165, 1.54) is 6.92 Å². The summed E-state index contributed by atoms with van der Waals surface area (Å²) in [6, 6.07) is 7.75. The van der Waals surface area contributed by atoms with Gasteiger partial charge in [-0.1, -0.05) is 12.1 Å². The molecule has 1 aromatic carbocycles. The largest absolute Gasteiger partial charge is 0.496 e. The Hall–Kier alpha value is -2.03. The van der Waals surface area contributed by atoms with E-state index in [0.29, 0.717) is 12.2 Å². The minimum atomic E-state index is -0.0478. The van der Waals surface area contributed by atoms with E-state index in [2.05, 4.69) is 12.1 Å². The van der Waals surface area contributed by atoms with Crippen molar-refractivity contribution in [3.63, 3.8) is 0 Å². The fourth-order valence-electron chi connectivity index (χ4n) is 2.33. The van der Waals surface area contributed by atoms with Gasteiger partial charge in [0.2, 0.25) is 0 Å². The molecule has 0 fully saturated rings. The minimum absolute atomic E-state index is 0.0478. The van der Waals surface area contributed by atoms with Gasteiger partial charge in [0.05, 0.1) is 7.11 Å². The Morgan fingerprint density at radius 3 is 2.32 bits per heavy atom. The van der Waals surface area contributed by atoms with Crippen LogP contribution in [0, 0.1) is 13.8 Å². The van der Waals surface area contributed by atoms with Gasteiger partial charge < -0.3 is 9.15 Å². The van der Waals surface area contributed by atoms with Gasteiger partial charge in [-0.15, -0.1) is 0 Å². The summed E-state index contributed by atoms with van der Waals surface area (Å²) in [5.74, 6) is 2.09. The zero-order valence-corrected chi connectivity index (χ0v) is 11.7. The van der Waals surface area contributed by atoms with E-state index in [4.69, 9.17) is 9.15 Å². The Morgan fingerprint density at radius 2 is 1.84 bits per heavy atom. The van der Waals surface area contributed by atoms with E-state index in [0.717, 1.165) is 28.2 Å². The van der Waals surface area contributed by atoms with Crippen LogP contribution in [-0.4, -0.2) is 12.9 Å². The molecule has 0 saturated heterocycles. The number of Topliss-reactive ketones (excluding diaryl/α,β-unsaturated/α-hetero) is 1. The first kappa shape index (κ1) is 13.4. The molecule has 1 aromatic heterocycles. The number of hydrogen-bond donors (Lipinski definition) is 0. The Balaban J connectivity index is 2.25. The molecule has 0 unspecified atom stereocenters. The molecule has 0 atom stereocenters. The fraction of sp³-hybridized carbons (Fsp3) is 0.312. The van der Waals surface area contributed by atoms with E-state index >= 15 is 0 Å². The molecule has 2 rings (SSSR count). The lowest BCUT2D eigenvalue weighted by atomic mass is 10.0. The van der Waals surface area contributed by atoms with Gasteiger partial charge >= 0.3 is 0 Å². The monoisotopic (exact) mass is 258 g/mol. The van der Waals surface area contributed by atoms with Crippen molar-refractivity contribution in [1.82, 2.24) is 0 Å². The standard InChI is InChI=1S/C16H18O3/c1-10-7-13(8-11(2)16(10)18-4)9-14-5-6-15(19-14)12(3)17/h5-8H,9H2,1-4H3. The SMILES string of the molecule is COc1c(C)cc(Cc2ccc(C(C)=O)o2)cc1C. The minimum Gasteiger partial charge on any atom is -0.496 e. The van der Waals surface area contributed by atoms with Crippen molar-refractivity contribution >= 4 is 5.78 Å². The average molecular weight is 258 g/mol. The zero-order valence-electron chi connectivity index (χ0n) is 11.7. The lowest BCUT2D eigenvalue weighted by Crippen LogP contribution is -1.95. The van der Waals surface area contributed by atoms with Crippen molar-refractivity contribution in [2.45, 2.75) is 27.2 Å². The molecule has 1 heterocycles. The molecule has 0 spiro atoms. The highest BCUT2D eigenvalue weighted by Gasteiger charge is 2.09. The molecule has 3 heteroatoms. The molecular formula is C16H18O3. The second kappa shape index (κ2) is 5.31. The molecule has 0 radical (unpaired) electrons. The Bertz CT molecular complexity index is 585. The summed E-state index contributed by atoms with van der Waals surface area (Å²) in [6.07, 6.45) is 0.680. The summed E-state index contributed by atoms with van der Waals surface area (Å²) >= 11 is 0. The second-order valence-corrected chi connectivity index (χ2v) is 4.76. The lowest BCUT2D eigenvalue weighted by Gasteiger charge is -2.10. The van der Waals surface area contributed by atoms with Crippen LogP contribution in [0.1, 0.15) is 39.9 Å². The lowest BCUT2D eigenvalue weighted by molar-refractivity contribution is 0.0985. The van der Waals surface area contributed by atoms with Crippen molar-refractivity contribution in [3.05, 3.63) is 52.5 Å². The van der Waals surface area contributed by atoms with Gasteiger partial charge in [0.15, 0.2) is 11.5 Å². The van der Waals surface area contributed by atoms with Crippen LogP contribution < -0.4 is 4.74 Å². The third-order valence-electron chi connectivity index (χ3n) is 3.11. The number of rotatable bonds is 4. The van der Waals surface area contributed by atoms with Crippen LogP contribution in [0.4, 0.5) is 0 Å². The van der Waals surface area contributed by atoms with Crippen molar-refractivity contribution in [2.75, 3.05) is 7.11 Å². The number of ether oxygens (including phenoxy) is 1. The van der Waals surface area contributed by atoms with Crippen LogP contribution in [0.25, 0.3) is 0 Å². The maximum absolute atomic E-state index is 11.2. The van der Waals surface area contributed by atoms with E-state index in [1.54, 1.807) is 13.2 Å². The highest BCUT2D eigenvalue weighted by atomic mass is 16.5. The summed E-state index contributed by atoms with van der Waals surface area (Å²) in [5.41, 5.74) is 3.37. The summed E-state index contributed by atoms with van der Waals surface area (Å²) in [5, 5.41) is 0. The Kier molecular flexibility index (Phi) is 3.74. The van der Waals surface area contributed by atoms with Crippen LogP contribution in [0.2, 0.25) is 0 Å². The third kappa shape index (κ3) is 2.87. The number of carbonyl (C=O) groups excluding carboxylic acids is 1. The number of furan rings is 1. The third-order valence-corrected chi connectivity index (χ3v) is 3.11. The molecule has 100 valence electrons. The molecule has 0 amide bonds. The summed E-state index contributed by atoms with van der Waals surface area (Å²) < 4.78 is 10.9. The Morgan fingerprint density at radius 1 is 1.21 bits per heavy atom. The first-order valence-corrected chi connectivity index (χ1v) is 6.25. The van der Waals surface area contributed by atoms with Crippen LogP contribution in [0.5, 0.6) is 5.75 Å². The first-order valence-electron chi connectivity index (χ1n) is 6.25. The Labute approximate surface area is 113 Å². The maximum atomic E-state index is 11.2. The molecule has 0 aliphatic carbocycles. The van der Waals surface area contributed by atoms with Gasteiger partial charge in [-0.2, -0.15) is 0 Å². The van der Waals surface area contributed by atoms with Crippen LogP contribution in [0.15, 0.2) is 28.7 Å². The molecule has 0 N–H and O–H groups in total. The van der Waals surface area contributed by atoms with Gasteiger partial charge in [-0.3, -0.25) is 4.79 Å². The smallest absolute Gasteiger partial charge is 0.194 e. The van der Waals surface area contributed by atoms with E-state index in [-0.39, 0.29) is 5.78 Å². The van der Waals surface area contributed by atoms with Crippen LogP contribution in [-0.2, 0) is 6.42 Å².